The lowest BCUT2D eigenvalue weighted by Gasteiger charge is -2.35. The first kappa shape index (κ1) is 22.6. The summed E-state index contributed by atoms with van der Waals surface area (Å²) in [6.45, 7) is 0.875. The molecule has 2 N–H and O–H groups in total. The van der Waals surface area contributed by atoms with Gasteiger partial charge in [-0.15, -0.1) is 0 Å². The predicted octanol–water partition coefficient (Wildman–Crippen LogP) is 4.49. The van der Waals surface area contributed by atoms with Crippen molar-refractivity contribution in [2.24, 2.45) is 0 Å². The third-order valence-electron chi connectivity index (χ3n) is 6.61. The first-order chi connectivity index (χ1) is 16.6. The second kappa shape index (κ2) is 9.95. The summed E-state index contributed by atoms with van der Waals surface area (Å²) in [5.74, 6) is 0.258. The van der Waals surface area contributed by atoms with Gasteiger partial charge < -0.3 is 10.2 Å². The van der Waals surface area contributed by atoms with E-state index in [1.54, 1.807) is 18.3 Å². The fourth-order valence-electron chi connectivity index (χ4n) is 4.70. The zero-order valence-corrected chi connectivity index (χ0v) is 19.8. The number of nitrogens with one attached hydrogen (secondary N) is 2. The van der Waals surface area contributed by atoms with Gasteiger partial charge in [-0.1, -0.05) is 42.5 Å². The van der Waals surface area contributed by atoms with Crippen LogP contribution in [0.25, 0.3) is 16.8 Å². The van der Waals surface area contributed by atoms with Crippen molar-refractivity contribution in [3.63, 3.8) is 0 Å². The van der Waals surface area contributed by atoms with Crippen LogP contribution >= 0.6 is 11.8 Å². The number of aromatic nitrogens is 2. The molecule has 2 heterocycles. The minimum atomic E-state index is -0.377. The Bertz CT molecular complexity index is 1250. The van der Waals surface area contributed by atoms with Crippen LogP contribution in [0.3, 0.4) is 0 Å². The molecule has 1 saturated heterocycles. The summed E-state index contributed by atoms with van der Waals surface area (Å²) in [6, 6.07) is 17.6. The number of thioether (sulfide) groups is 1. The third-order valence-corrected chi connectivity index (χ3v) is 7.42. The molecule has 0 atom stereocenters. The van der Waals surface area contributed by atoms with Gasteiger partial charge in [0.05, 0.1) is 10.6 Å². The molecule has 2 amide bonds. The lowest BCUT2D eigenvalue weighted by Crippen LogP contribution is -2.41. The van der Waals surface area contributed by atoms with Gasteiger partial charge in [0.15, 0.2) is 0 Å². The van der Waals surface area contributed by atoms with Gasteiger partial charge in [-0.25, -0.2) is 9.97 Å². The molecule has 0 bridgehead atoms. The maximum atomic E-state index is 11.8. The van der Waals surface area contributed by atoms with Gasteiger partial charge in [0.1, 0.15) is 0 Å². The highest BCUT2D eigenvalue weighted by atomic mass is 32.2. The van der Waals surface area contributed by atoms with Gasteiger partial charge in [0, 0.05) is 31.9 Å². The summed E-state index contributed by atoms with van der Waals surface area (Å²) in [5, 5.41) is 8.27. The lowest BCUT2D eigenvalue weighted by molar-refractivity contribution is -0.115. The molecule has 5 rings (SSSR count). The van der Waals surface area contributed by atoms with E-state index >= 15 is 0 Å². The smallest absolute Gasteiger partial charge is 0.290 e. The van der Waals surface area contributed by atoms with E-state index in [-0.39, 0.29) is 11.1 Å². The first-order valence-corrected chi connectivity index (χ1v) is 12.4. The van der Waals surface area contributed by atoms with Gasteiger partial charge in [0.25, 0.3) is 11.1 Å². The highest BCUT2D eigenvalue weighted by Gasteiger charge is 2.27. The topological polar surface area (TPSA) is 87.2 Å². The van der Waals surface area contributed by atoms with Gasteiger partial charge in [-0.3, -0.25) is 14.9 Å². The van der Waals surface area contributed by atoms with Crippen LogP contribution in [0.2, 0.25) is 0 Å². The zero-order valence-electron chi connectivity index (χ0n) is 19.0. The second-order valence-electron chi connectivity index (χ2n) is 8.77. The minimum Gasteiger partial charge on any atom is -0.341 e. The van der Waals surface area contributed by atoms with E-state index < -0.39 is 0 Å². The monoisotopic (exact) mass is 473 g/mol. The Hall–Kier alpha value is -3.23. The molecule has 174 valence electrons. The number of hydrogen-bond donors (Lipinski definition) is 2. The van der Waals surface area contributed by atoms with Crippen molar-refractivity contribution in [1.29, 1.82) is 0 Å². The van der Waals surface area contributed by atoms with Gasteiger partial charge >= 0.3 is 0 Å². The molecule has 2 aromatic carbocycles. The van der Waals surface area contributed by atoms with Crippen molar-refractivity contribution < 1.29 is 9.59 Å². The molecule has 34 heavy (non-hydrogen) atoms. The maximum Gasteiger partial charge on any atom is 0.290 e. The van der Waals surface area contributed by atoms with Gasteiger partial charge in [-0.05, 0) is 65.9 Å². The number of carbonyl (C=O) groups is 2. The second-order valence-corrected chi connectivity index (χ2v) is 9.78. The number of carbonyl (C=O) groups excluding carboxylic acids is 2. The summed E-state index contributed by atoms with van der Waals surface area (Å²) < 4.78 is 0. The fraction of sp³-hybridized carbons (Fsp3) is 0.308. The van der Waals surface area contributed by atoms with E-state index in [1.807, 2.05) is 7.05 Å². The summed E-state index contributed by atoms with van der Waals surface area (Å²) in [7, 11) is 2.03. The molecule has 1 aromatic heterocycles. The number of nitrogens with zero attached hydrogens (tertiary/aromatic N) is 3. The molecular weight excluding hydrogens is 446 g/mol. The largest absolute Gasteiger partial charge is 0.341 e. The molecule has 2 fully saturated rings. The highest BCUT2D eigenvalue weighted by Crippen LogP contribution is 2.28. The van der Waals surface area contributed by atoms with Crippen LogP contribution in [0.5, 0.6) is 0 Å². The molecular formula is C26H27N5O2S. The maximum absolute atomic E-state index is 11.8. The van der Waals surface area contributed by atoms with Crippen LogP contribution in [0.1, 0.15) is 36.9 Å². The van der Waals surface area contributed by atoms with Gasteiger partial charge in [0.2, 0.25) is 5.95 Å². The van der Waals surface area contributed by atoms with Gasteiger partial charge in [-0.2, -0.15) is 0 Å². The molecule has 1 aliphatic heterocycles. The Labute approximate surface area is 203 Å². The Balaban J connectivity index is 1.18. The van der Waals surface area contributed by atoms with E-state index in [2.05, 4.69) is 68.0 Å². The standard InChI is InChI=1S/C26H27N5O2S/c1-31(25-27-14-13-20(29-25)15-23-24(32)30-26(33)34-23)21-11-9-19(10-12-21)28-16-18-7-4-6-17-5-2-3-8-22(17)18/h2-8,13-15,19,21,28H,9-12,16H2,1H3,(H,30,32,33)/b23-15+. The summed E-state index contributed by atoms with van der Waals surface area (Å²) in [6.07, 6.45) is 7.65. The summed E-state index contributed by atoms with van der Waals surface area (Å²) in [4.78, 5) is 34.8. The van der Waals surface area contributed by atoms with Crippen molar-refractivity contribution in [3.8, 4) is 0 Å². The van der Waals surface area contributed by atoms with E-state index in [9.17, 15) is 9.59 Å². The zero-order chi connectivity index (χ0) is 23.5. The number of benzene rings is 2. The molecule has 2 aliphatic rings. The third kappa shape index (κ3) is 4.98. The normalized spacial score (nSPS) is 21.7. The molecule has 0 radical (unpaired) electrons. The predicted molar refractivity (Wildman–Crippen MR) is 136 cm³/mol. The average molecular weight is 474 g/mol. The van der Waals surface area contributed by atoms with Crippen molar-refractivity contribution in [1.82, 2.24) is 20.6 Å². The molecule has 8 heteroatoms. The molecule has 1 saturated carbocycles. The molecule has 7 nitrogen and oxygen atoms in total. The van der Waals surface area contributed by atoms with Crippen molar-refractivity contribution in [3.05, 3.63) is 70.9 Å². The Morgan fingerprint density at radius 2 is 1.88 bits per heavy atom. The highest BCUT2D eigenvalue weighted by molar-refractivity contribution is 8.18. The van der Waals surface area contributed by atoms with Crippen molar-refractivity contribution in [2.75, 3.05) is 11.9 Å². The number of rotatable bonds is 6. The Morgan fingerprint density at radius 3 is 2.68 bits per heavy atom. The molecule has 0 unspecified atom stereocenters. The number of amides is 2. The van der Waals surface area contributed by atoms with Crippen LogP contribution in [0.4, 0.5) is 10.7 Å². The average Bonchev–Trinajstić information content (AvgIpc) is 3.18. The SMILES string of the molecule is CN(c1nccc(/C=C2/SC(=O)NC2=O)n1)C1CCC(NCc2cccc3ccccc23)CC1. The minimum absolute atomic E-state index is 0.353. The lowest BCUT2D eigenvalue weighted by atomic mass is 9.90. The number of hydrogen-bond acceptors (Lipinski definition) is 7. The van der Waals surface area contributed by atoms with Crippen LogP contribution in [0.15, 0.2) is 59.6 Å². The van der Waals surface area contributed by atoms with Crippen molar-refractivity contribution >= 4 is 45.7 Å². The van der Waals surface area contributed by atoms with Crippen LogP contribution < -0.4 is 15.5 Å². The van der Waals surface area contributed by atoms with E-state index in [0.717, 1.165) is 44.0 Å². The van der Waals surface area contributed by atoms with Crippen molar-refractivity contribution in [2.45, 2.75) is 44.3 Å². The van der Waals surface area contributed by atoms with Crippen LogP contribution in [0, 0.1) is 0 Å². The van der Waals surface area contributed by atoms with E-state index in [1.165, 1.54) is 16.3 Å². The number of anilines is 1. The molecule has 3 aromatic rings. The number of fused-ring (bicyclic) bond motifs is 1. The molecule has 1 aliphatic carbocycles. The summed E-state index contributed by atoms with van der Waals surface area (Å²) >= 11 is 0.895. The number of imide groups is 1. The first-order valence-electron chi connectivity index (χ1n) is 11.6. The summed E-state index contributed by atoms with van der Waals surface area (Å²) in [5.41, 5.74) is 1.96. The van der Waals surface area contributed by atoms with E-state index in [4.69, 9.17) is 0 Å². The van der Waals surface area contributed by atoms with Crippen LogP contribution in [-0.4, -0.2) is 40.2 Å². The fourth-order valence-corrected chi connectivity index (χ4v) is 5.37. The quantitative estimate of drug-likeness (QED) is 0.510. The Kier molecular flexibility index (Phi) is 6.60. The van der Waals surface area contributed by atoms with E-state index in [0.29, 0.717) is 28.6 Å². The molecule has 0 spiro atoms. The van der Waals surface area contributed by atoms with Crippen LogP contribution in [-0.2, 0) is 11.3 Å². The Morgan fingerprint density at radius 1 is 1.09 bits per heavy atom.